The highest BCUT2D eigenvalue weighted by Crippen LogP contribution is 2.23. The van der Waals surface area contributed by atoms with Gasteiger partial charge in [0.25, 0.3) is 0 Å². The lowest BCUT2D eigenvalue weighted by atomic mass is 10.3. The van der Waals surface area contributed by atoms with Crippen molar-refractivity contribution in [3.63, 3.8) is 0 Å². The van der Waals surface area contributed by atoms with Crippen molar-refractivity contribution in [2.24, 2.45) is 5.16 Å². The maximum Gasteiger partial charge on any atom is 0.331 e. The van der Waals surface area contributed by atoms with Crippen molar-refractivity contribution in [3.8, 4) is 10.8 Å². The highest BCUT2D eigenvalue weighted by atomic mass is 32.1. The number of carbonyl (C=O) groups is 1. The minimum atomic E-state index is -0.463. The topological polar surface area (TPSA) is 77.6 Å². The van der Waals surface area contributed by atoms with Crippen LogP contribution in [0, 0.1) is 0 Å². The molecule has 2 aromatic rings. The average Bonchev–Trinajstić information content (AvgIpc) is 2.94. The van der Waals surface area contributed by atoms with E-state index in [4.69, 9.17) is 4.52 Å². The van der Waals surface area contributed by atoms with Crippen LogP contribution in [0.25, 0.3) is 10.8 Å². The number of rotatable bonds is 3. The summed E-state index contributed by atoms with van der Waals surface area (Å²) >= 11 is 1.40. The molecule has 2 aromatic heterocycles. The molecule has 0 aromatic carbocycles. The molecule has 17 heavy (non-hydrogen) atoms. The molecule has 0 saturated heterocycles. The van der Waals surface area contributed by atoms with Crippen LogP contribution in [0.3, 0.4) is 0 Å². The minimum Gasteiger partial charge on any atom is -0.354 e. The monoisotopic (exact) mass is 251 g/mol. The van der Waals surface area contributed by atoms with Gasteiger partial charge in [-0.15, -0.1) is 11.3 Å². The third-order valence-corrected chi connectivity index (χ3v) is 2.69. The zero-order chi connectivity index (χ0) is 12.3. The van der Waals surface area contributed by atoms with E-state index >= 15 is 0 Å². The third-order valence-electron chi connectivity index (χ3n) is 1.83. The molecule has 0 fully saturated rings. The summed E-state index contributed by atoms with van der Waals surface area (Å²) in [5, 5.41) is 9.77. The van der Waals surface area contributed by atoms with E-state index in [1.54, 1.807) is 24.6 Å². The Morgan fingerprint density at radius 3 is 3.00 bits per heavy atom. The molecule has 88 valence electrons. The predicted molar refractivity (Wildman–Crippen MR) is 61.6 cm³/mol. The summed E-state index contributed by atoms with van der Waals surface area (Å²) in [4.78, 5) is 19.4. The van der Waals surface area contributed by atoms with Gasteiger partial charge in [-0.1, -0.05) is 10.3 Å². The van der Waals surface area contributed by atoms with E-state index in [0.717, 1.165) is 0 Å². The summed E-state index contributed by atoms with van der Waals surface area (Å²) in [6.45, 7) is 3.00. The molecule has 0 spiro atoms. The van der Waals surface area contributed by atoms with Crippen molar-refractivity contribution in [1.82, 2.24) is 10.1 Å². The van der Waals surface area contributed by atoms with Crippen molar-refractivity contribution in [2.75, 3.05) is 0 Å². The molecule has 6 nitrogen and oxygen atoms in total. The predicted octanol–water partition coefficient (Wildman–Crippen LogP) is 2.09. The first-order valence-electron chi connectivity index (χ1n) is 4.76. The Hall–Kier alpha value is -2.02. The minimum absolute atomic E-state index is 0.463. The first-order chi connectivity index (χ1) is 8.16. The molecule has 0 aliphatic heterocycles. The van der Waals surface area contributed by atoms with Crippen LogP contribution in [0.2, 0.25) is 0 Å². The van der Waals surface area contributed by atoms with Crippen LogP contribution in [0.4, 0.5) is 0 Å². The van der Waals surface area contributed by atoms with Gasteiger partial charge in [-0.25, -0.2) is 9.78 Å². The van der Waals surface area contributed by atoms with Crippen LogP contribution in [-0.4, -0.2) is 21.8 Å². The second-order valence-corrected chi connectivity index (χ2v) is 4.03. The van der Waals surface area contributed by atoms with E-state index in [1.165, 1.54) is 18.3 Å². The molecule has 0 radical (unpaired) electrons. The molecule has 2 rings (SSSR count). The summed E-state index contributed by atoms with van der Waals surface area (Å²) in [5.41, 5.74) is 1.17. The van der Waals surface area contributed by atoms with E-state index in [-0.39, 0.29) is 0 Å². The van der Waals surface area contributed by atoms with Crippen LogP contribution >= 0.6 is 11.3 Å². The van der Waals surface area contributed by atoms with E-state index < -0.39 is 5.97 Å². The van der Waals surface area contributed by atoms with Crippen LogP contribution in [0.1, 0.15) is 19.5 Å². The molecule has 0 N–H and O–H groups in total. The molecule has 2 heterocycles. The van der Waals surface area contributed by atoms with Gasteiger partial charge in [0.05, 0.1) is 11.9 Å². The van der Waals surface area contributed by atoms with Gasteiger partial charge < -0.3 is 9.36 Å². The lowest BCUT2D eigenvalue weighted by Gasteiger charge is -1.93. The van der Waals surface area contributed by atoms with E-state index in [2.05, 4.69) is 20.1 Å². The molecule has 0 aliphatic rings. The standard InChI is InChI=1S/C10H9N3O3S/c1-6(13-15-7(2)14)8-5-17-10(12-8)9-3-4-11-16-9/h3-5H,1-2H3/b13-6-. The summed E-state index contributed by atoms with van der Waals surface area (Å²) < 4.78 is 4.98. The fraction of sp³-hybridized carbons (Fsp3) is 0.200. The summed E-state index contributed by atoms with van der Waals surface area (Å²) in [7, 11) is 0. The van der Waals surface area contributed by atoms with Crippen molar-refractivity contribution >= 4 is 23.0 Å². The third kappa shape index (κ3) is 2.76. The Kier molecular flexibility index (Phi) is 3.29. The Bertz CT molecular complexity index is 545. The molecule has 0 bridgehead atoms. The lowest BCUT2D eigenvalue weighted by molar-refractivity contribution is -0.140. The molecule has 0 aliphatic carbocycles. The smallest absolute Gasteiger partial charge is 0.331 e. The number of hydrogen-bond acceptors (Lipinski definition) is 7. The SMILES string of the molecule is CC(=O)O/N=C(/C)c1csc(-c2ccno2)n1. The number of carbonyl (C=O) groups excluding carboxylic acids is 1. The summed E-state index contributed by atoms with van der Waals surface area (Å²) in [5.74, 6) is 0.136. The maximum absolute atomic E-state index is 10.6. The lowest BCUT2D eigenvalue weighted by Crippen LogP contribution is -1.99. The van der Waals surface area contributed by atoms with Gasteiger partial charge >= 0.3 is 5.97 Å². The summed E-state index contributed by atoms with van der Waals surface area (Å²) in [6.07, 6.45) is 1.55. The van der Waals surface area contributed by atoms with Gasteiger partial charge in [0.1, 0.15) is 5.71 Å². The van der Waals surface area contributed by atoms with Crippen LogP contribution in [0.5, 0.6) is 0 Å². The van der Waals surface area contributed by atoms with Crippen LogP contribution < -0.4 is 0 Å². The van der Waals surface area contributed by atoms with E-state index in [9.17, 15) is 4.79 Å². The van der Waals surface area contributed by atoms with Crippen LogP contribution in [-0.2, 0) is 9.63 Å². The van der Waals surface area contributed by atoms with Gasteiger partial charge in [0.15, 0.2) is 10.8 Å². The zero-order valence-electron chi connectivity index (χ0n) is 9.21. The number of nitrogens with zero attached hydrogens (tertiary/aromatic N) is 3. The largest absolute Gasteiger partial charge is 0.354 e. The number of oxime groups is 1. The van der Waals surface area contributed by atoms with Crippen molar-refractivity contribution in [3.05, 3.63) is 23.3 Å². The average molecular weight is 251 g/mol. The zero-order valence-corrected chi connectivity index (χ0v) is 10.0. The normalized spacial score (nSPS) is 11.5. The molecular weight excluding hydrogens is 242 g/mol. The Morgan fingerprint density at radius 1 is 1.53 bits per heavy atom. The van der Waals surface area contributed by atoms with Gasteiger partial charge in [-0.05, 0) is 6.92 Å². The van der Waals surface area contributed by atoms with E-state index in [0.29, 0.717) is 22.2 Å². The molecule has 0 atom stereocenters. The number of thiazole rings is 1. The highest BCUT2D eigenvalue weighted by molar-refractivity contribution is 7.13. The molecule has 0 unspecified atom stereocenters. The fourth-order valence-corrected chi connectivity index (χ4v) is 1.88. The van der Waals surface area contributed by atoms with Crippen molar-refractivity contribution < 1.29 is 14.2 Å². The fourth-order valence-electron chi connectivity index (χ4n) is 1.06. The van der Waals surface area contributed by atoms with Crippen molar-refractivity contribution in [1.29, 1.82) is 0 Å². The Balaban J connectivity index is 2.18. The Morgan fingerprint density at radius 2 is 2.35 bits per heavy atom. The molecular formula is C10H9N3O3S. The van der Waals surface area contributed by atoms with Crippen molar-refractivity contribution in [2.45, 2.75) is 13.8 Å². The first-order valence-corrected chi connectivity index (χ1v) is 5.64. The Labute approximate surface area is 101 Å². The van der Waals surface area contributed by atoms with E-state index in [1.807, 2.05) is 0 Å². The first kappa shape index (κ1) is 11.5. The van der Waals surface area contributed by atoms with Gasteiger partial charge in [0, 0.05) is 18.4 Å². The van der Waals surface area contributed by atoms with Gasteiger partial charge in [-0.3, -0.25) is 0 Å². The molecule has 0 saturated carbocycles. The second kappa shape index (κ2) is 4.88. The van der Waals surface area contributed by atoms with Crippen LogP contribution in [0.15, 0.2) is 27.3 Å². The molecule has 7 heteroatoms. The maximum atomic E-state index is 10.6. The highest BCUT2D eigenvalue weighted by Gasteiger charge is 2.10. The molecule has 0 amide bonds. The number of aromatic nitrogens is 2. The van der Waals surface area contributed by atoms with Gasteiger partial charge in [0.2, 0.25) is 0 Å². The number of hydrogen-bond donors (Lipinski definition) is 0. The van der Waals surface area contributed by atoms with Gasteiger partial charge in [-0.2, -0.15) is 0 Å². The summed E-state index contributed by atoms with van der Waals surface area (Å²) in [6, 6.07) is 1.72. The second-order valence-electron chi connectivity index (χ2n) is 3.17. The quantitative estimate of drug-likeness (QED) is 0.474.